The number of aliphatic hydroxyl groups is 5. The summed E-state index contributed by atoms with van der Waals surface area (Å²) < 4.78 is 11.6. The van der Waals surface area contributed by atoms with Crippen LogP contribution < -0.4 is 0 Å². The Morgan fingerprint density at radius 3 is 2.31 bits per heavy atom. The molecule has 0 bridgehead atoms. The summed E-state index contributed by atoms with van der Waals surface area (Å²) in [5, 5.41) is 45.9. The summed E-state index contributed by atoms with van der Waals surface area (Å²) in [6.07, 6.45) is -6.04. The van der Waals surface area contributed by atoms with Gasteiger partial charge in [0.05, 0.1) is 6.61 Å². The van der Waals surface area contributed by atoms with Gasteiger partial charge in [-0.2, -0.15) is 0 Å². The molecule has 1 fully saturated rings. The van der Waals surface area contributed by atoms with Crippen LogP contribution in [-0.4, -0.2) is 62.3 Å². The third kappa shape index (κ3) is 1.83. The van der Waals surface area contributed by atoms with Crippen LogP contribution in [0.25, 0.3) is 0 Å². The molecule has 0 amide bonds. The van der Waals surface area contributed by atoms with E-state index in [9.17, 15) is 10.2 Å². The molecule has 0 aromatic carbocycles. The van der Waals surface area contributed by atoms with Crippen molar-refractivity contribution >= 4 is 0 Å². The number of ether oxygens (including phenoxy) is 1. The minimum absolute atomic E-state index is 0.606. The summed E-state index contributed by atoms with van der Waals surface area (Å²) in [5.74, 6) is 0. The number of rotatable bonds is 2. The lowest BCUT2D eigenvalue weighted by atomic mass is 9.95. The van der Waals surface area contributed by atoms with E-state index >= 15 is 0 Å². The van der Waals surface area contributed by atoms with Crippen LogP contribution in [0.2, 0.25) is 0 Å². The first-order chi connectivity index (χ1) is 6.46. The van der Waals surface area contributed by atoms with E-state index in [2.05, 4.69) is 4.74 Å². The molecular weight excluding hydrogens is 180 g/mol. The van der Waals surface area contributed by atoms with Gasteiger partial charge in [0.1, 0.15) is 23.9 Å². The zero-order chi connectivity index (χ0) is 10.9. The first kappa shape index (κ1) is 9.32. The minimum atomic E-state index is -1.97. The van der Waals surface area contributed by atoms with Crippen molar-refractivity contribution in [1.29, 1.82) is 0 Å². The molecule has 0 aromatic heterocycles. The fourth-order valence-corrected chi connectivity index (χ4v) is 1.19. The molecule has 0 aliphatic carbocycles. The van der Waals surface area contributed by atoms with E-state index in [1.165, 1.54) is 0 Å². The molecule has 1 aliphatic heterocycles. The second-order valence-corrected chi connectivity index (χ2v) is 3.19. The quantitative estimate of drug-likeness (QED) is 0.325. The zero-order valence-electron chi connectivity index (χ0n) is 7.87. The van der Waals surface area contributed by atoms with Crippen LogP contribution in [0, 0.1) is 0 Å². The second kappa shape index (κ2) is 3.49. The third-order valence-electron chi connectivity index (χ3n) is 2.04. The van der Waals surface area contributed by atoms with Crippen molar-refractivity contribution in [2.24, 2.45) is 0 Å². The van der Waals surface area contributed by atoms with E-state index in [4.69, 9.17) is 16.7 Å². The van der Waals surface area contributed by atoms with Gasteiger partial charge >= 0.3 is 0 Å². The van der Waals surface area contributed by atoms with Crippen molar-refractivity contribution in [3.63, 3.8) is 0 Å². The Labute approximate surface area is 76.4 Å². The van der Waals surface area contributed by atoms with E-state index in [-0.39, 0.29) is 0 Å². The summed E-state index contributed by atoms with van der Waals surface area (Å²) in [7, 11) is 0. The van der Waals surface area contributed by atoms with E-state index in [1.807, 2.05) is 0 Å². The Kier molecular flexibility index (Phi) is 2.50. The topological polar surface area (TPSA) is 110 Å². The van der Waals surface area contributed by atoms with Crippen LogP contribution in [0.1, 0.15) is 8.27 Å². The van der Waals surface area contributed by atoms with Crippen molar-refractivity contribution in [2.45, 2.75) is 37.1 Å². The van der Waals surface area contributed by atoms with Gasteiger partial charge in [-0.1, -0.05) is 0 Å². The molecule has 6 nitrogen and oxygen atoms in total. The second-order valence-electron chi connectivity index (χ2n) is 3.19. The highest BCUT2D eigenvalue weighted by atomic mass is 16.7. The van der Waals surface area contributed by atoms with Gasteiger partial charge < -0.3 is 30.3 Å². The van der Waals surface area contributed by atoms with E-state index in [1.54, 1.807) is 0 Å². The van der Waals surface area contributed by atoms with Gasteiger partial charge in [0, 0.05) is 1.37 Å². The Morgan fingerprint density at radius 2 is 2.00 bits per heavy atom. The van der Waals surface area contributed by atoms with Crippen LogP contribution >= 0.6 is 0 Å². The van der Waals surface area contributed by atoms with Gasteiger partial charge in [-0.3, -0.25) is 0 Å². The summed E-state index contributed by atoms with van der Waals surface area (Å²) >= 11 is 0. The number of hydrogen-bond donors (Lipinski definition) is 5. The molecule has 1 rings (SSSR count). The normalized spacial score (nSPS) is 45.8. The predicted molar refractivity (Wildman–Crippen MR) is 40.6 cm³/mol. The largest absolute Gasteiger partial charge is 0.393 e. The molecule has 0 radical (unpaired) electrons. The zero-order valence-corrected chi connectivity index (χ0v) is 6.87. The van der Waals surface area contributed by atoms with Crippen LogP contribution in [0.5, 0.6) is 0 Å². The van der Waals surface area contributed by atoms with Crippen molar-refractivity contribution in [2.75, 3.05) is 6.61 Å². The lowest BCUT2D eigenvalue weighted by Gasteiger charge is -2.29. The molecule has 1 aliphatic rings. The third-order valence-corrected chi connectivity index (χ3v) is 2.04. The number of aliphatic hydroxyl groups excluding tert-OH is 4. The number of hydrogen-bond acceptors (Lipinski definition) is 6. The van der Waals surface area contributed by atoms with Gasteiger partial charge in [0.2, 0.25) is 0 Å². The van der Waals surface area contributed by atoms with E-state index in [0.717, 1.165) is 0 Å². The molecule has 6 heteroatoms. The molecule has 78 valence electrons. The van der Waals surface area contributed by atoms with Gasteiger partial charge in [0.15, 0.2) is 6.29 Å². The van der Waals surface area contributed by atoms with Crippen molar-refractivity contribution in [3.8, 4) is 0 Å². The van der Waals surface area contributed by atoms with E-state index < -0.39 is 43.7 Å². The van der Waals surface area contributed by atoms with Crippen LogP contribution in [0.15, 0.2) is 0 Å². The van der Waals surface area contributed by atoms with Gasteiger partial charge in [0.25, 0.3) is 0 Å². The first-order valence-corrected chi connectivity index (χ1v) is 3.78. The highest BCUT2D eigenvalue weighted by Crippen LogP contribution is 2.27. The highest BCUT2D eigenvalue weighted by Gasteiger charge is 2.50. The molecule has 0 saturated carbocycles. The minimum Gasteiger partial charge on any atom is -0.393 e. The van der Waals surface area contributed by atoms with E-state index in [0.29, 0.717) is 0 Å². The molecular formula is C7H14O6. The maximum absolute atomic E-state index is 9.59. The van der Waals surface area contributed by atoms with Crippen LogP contribution in [0.3, 0.4) is 0 Å². The van der Waals surface area contributed by atoms with Gasteiger partial charge in [-0.25, -0.2) is 0 Å². The summed E-state index contributed by atoms with van der Waals surface area (Å²) in [6.45, 7) is -1.40. The Bertz CT molecular complexity index is 197. The molecule has 1 unspecified atom stereocenters. The van der Waals surface area contributed by atoms with Crippen molar-refractivity contribution in [3.05, 3.63) is 0 Å². The molecule has 0 spiro atoms. The van der Waals surface area contributed by atoms with Gasteiger partial charge in [-0.05, 0) is 6.90 Å². The van der Waals surface area contributed by atoms with Crippen LogP contribution in [0.4, 0.5) is 0 Å². The average molecular weight is 195 g/mol. The Balaban J connectivity index is 2.79. The molecule has 1 saturated heterocycles. The van der Waals surface area contributed by atoms with Crippen molar-refractivity contribution in [1.82, 2.24) is 0 Å². The van der Waals surface area contributed by atoms with Crippen LogP contribution in [-0.2, 0) is 4.74 Å². The SMILES string of the molecule is [2H]C[C@@](O)(CO)[C@H]1OC(O)[C@H](O)[C@H]1O. The Hall–Kier alpha value is -0.240. The smallest absolute Gasteiger partial charge is 0.184 e. The standard InChI is InChI=1S/C7H14O6/c1-7(12,2-8)5-3(9)4(10)6(11)13-5/h3-6,8-12H,2H2,1H3/t3-,4-,5+,6?,7-/m1/s1/i1D. The first-order valence-electron chi connectivity index (χ1n) is 4.49. The fraction of sp³-hybridized carbons (Fsp3) is 1.00. The maximum Gasteiger partial charge on any atom is 0.184 e. The summed E-state index contributed by atoms with van der Waals surface area (Å²) in [6, 6.07) is 0. The molecule has 5 N–H and O–H groups in total. The monoisotopic (exact) mass is 195 g/mol. The fourth-order valence-electron chi connectivity index (χ4n) is 1.19. The summed E-state index contributed by atoms with van der Waals surface area (Å²) in [4.78, 5) is 0. The molecule has 13 heavy (non-hydrogen) atoms. The highest BCUT2D eigenvalue weighted by molar-refractivity contribution is 4.96. The van der Waals surface area contributed by atoms with Crippen molar-refractivity contribution < 1.29 is 31.6 Å². The molecule has 5 atom stereocenters. The lowest BCUT2D eigenvalue weighted by molar-refractivity contribution is -0.179. The van der Waals surface area contributed by atoms with Gasteiger partial charge in [-0.15, -0.1) is 0 Å². The lowest BCUT2D eigenvalue weighted by Crippen LogP contribution is -2.49. The molecule has 1 heterocycles. The average Bonchev–Trinajstić information content (AvgIpc) is 2.45. The maximum atomic E-state index is 9.59. The molecule has 0 aromatic rings. The predicted octanol–water partition coefficient (Wildman–Crippen LogP) is -2.83. The Morgan fingerprint density at radius 1 is 1.38 bits per heavy atom. The summed E-state index contributed by atoms with van der Waals surface area (Å²) in [5.41, 5.74) is -1.97.